The van der Waals surface area contributed by atoms with Crippen molar-refractivity contribution >= 4 is 11.6 Å². The molecule has 0 aliphatic rings. The molecule has 2 N–H and O–H groups in total. The second-order valence-corrected chi connectivity index (χ2v) is 7.31. The maximum absolute atomic E-state index is 14.2. The van der Waals surface area contributed by atoms with Crippen LogP contribution in [0.15, 0.2) is 47.2 Å². The second kappa shape index (κ2) is 7.49. The van der Waals surface area contributed by atoms with Gasteiger partial charge in [0.1, 0.15) is 23.6 Å². The first-order valence-electron chi connectivity index (χ1n) is 9.74. The van der Waals surface area contributed by atoms with Crippen molar-refractivity contribution in [3.05, 3.63) is 77.2 Å². The molecule has 4 aromatic heterocycles. The molecule has 4 heterocycles. The third-order valence-electron chi connectivity index (χ3n) is 4.96. The van der Waals surface area contributed by atoms with Crippen LogP contribution in [0.4, 0.5) is 14.7 Å². The van der Waals surface area contributed by atoms with E-state index in [-0.39, 0.29) is 29.6 Å². The van der Waals surface area contributed by atoms with Crippen LogP contribution >= 0.6 is 0 Å². The first-order valence-corrected chi connectivity index (χ1v) is 9.74. The number of hydrogen-bond donors (Lipinski definition) is 1. The van der Waals surface area contributed by atoms with Gasteiger partial charge in [-0.1, -0.05) is 6.07 Å². The van der Waals surface area contributed by atoms with Gasteiger partial charge in [-0.2, -0.15) is 4.52 Å². The van der Waals surface area contributed by atoms with E-state index in [1.54, 1.807) is 0 Å². The molecule has 0 aliphatic heterocycles. The molecule has 0 aliphatic carbocycles. The summed E-state index contributed by atoms with van der Waals surface area (Å²) in [7, 11) is 0. The number of hydrogen-bond acceptors (Lipinski definition) is 7. The third-order valence-corrected chi connectivity index (χ3v) is 4.96. The lowest BCUT2D eigenvalue weighted by Gasteiger charge is -2.10. The van der Waals surface area contributed by atoms with E-state index in [4.69, 9.17) is 10.2 Å². The topological polar surface area (TPSA) is 108 Å². The number of nitrogen functional groups attached to an aromatic ring is 1. The number of nitrogens with zero attached hydrogens (tertiary/aromatic N) is 6. The maximum atomic E-state index is 14.2. The van der Waals surface area contributed by atoms with Crippen molar-refractivity contribution in [1.82, 2.24) is 29.5 Å². The van der Waals surface area contributed by atoms with E-state index in [0.29, 0.717) is 16.9 Å². The van der Waals surface area contributed by atoms with Crippen LogP contribution < -0.4 is 5.73 Å². The Morgan fingerprint density at radius 1 is 1.03 bits per heavy atom. The fourth-order valence-electron chi connectivity index (χ4n) is 3.67. The zero-order chi connectivity index (χ0) is 22.4. The fraction of sp³-hybridized carbons (Fsp3) is 0.136. The minimum atomic E-state index is -0.670. The van der Waals surface area contributed by atoms with Crippen LogP contribution in [0.1, 0.15) is 22.8 Å². The van der Waals surface area contributed by atoms with Gasteiger partial charge in [0, 0.05) is 23.4 Å². The Morgan fingerprint density at radius 2 is 1.75 bits per heavy atom. The summed E-state index contributed by atoms with van der Waals surface area (Å²) >= 11 is 0. The number of aryl methyl sites for hydroxylation is 2. The highest BCUT2D eigenvalue weighted by molar-refractivity contribution is 5.88. The van der Waals surface area contributed by atoms with Gasteiger partial charge in [-0.25, -0.2) is 23.7 Å². The molecule has 0 amide bonds. The Bertz CT molecular complexity index is 1420. The molecule has 8 nitrogen and oxygen atoms in total. The molecule has 5 rings (SSSR count). The first-order chi connectivity index (χ1) is 15.4. The second-order valence-electron chi connectivity index (χ2n) is 7.31. The number of oxazole rings is 1. The number of anilines is 1. The number of halogens is 2. The molecule has 160 valence electrons. The van der Waals surface area contributed by atoms with E-state index < -0.39 is 11.6 Å². The smallest absolute Gasteiger partial charge is 0.245 e. The van der Waals surface area contributed by atoms with Crippen LogP contribution in [0.2, 0.25) is 0 Å². The Balaban J connectivity index is 1.77. The van der Waals surface area contributed by atoms with Crippen LogP contribution in [0, 0.1) is 25.5 Å². The minimum Gasteiger partial charge on any atom is -0.443 e. The Hall–Kier alpha value is -4.21. The van der Waals surface area contributed by atoms with Crippen molar-refractivity contribution in [2.45, 2.75) is 20.3 Å². The van der Waals surface area contributed by atoms with Crippen molar-refractivity contribution in [2.75, 3.05) is 5.73 Å². The molecule has 0 spiro atoms. The van der Waals surface area contributed by atoms with Gasteiger partial charge < -0.3 is 10.2 Å². The summed E-state index contributed by atoms with van der Waals surface area (Å²) in [5.41, 5.74) is 9.69. The summed E-state index contributed by atoms with van der Waals surface area (Å²) in [6, 6.07) is 7.44. The van der Waals surface area contributed by atoms with Gasteiger partial charge >= 0.3 is 0 Å². The van der Waals surface area contributed by atoms with E-state index >= 15 is 0 Å². The van der Waals surface area contributed by atoms with E-state index in [1.165, 1.54) is 35.2 Å². The average molecular weight is 433 g/mol. The van der Waals surface area contributed by atoms with Crippen LogP contribution in [0.25, 0.3) is 28.4 Å². The van der Waals surface area contributed by atoms with Crippen LogP contribution in [0.5, 0.6) is 0 Å². The average Bonchev–Trinajstić information content (AvgIpc) is 3.40. The zero-order valence-electron chi connectivity index (χ0n) is 17.2. The molecule has 0 radical (unpaired) electrons. The van der Waals surface area contributed by atoms with Crippen molar-refractivity contribution in [1.29, 1.82) is 0 Å². The lowest BCUT2D eigenvalue weighted by molar-refractivity contribution is 0.559. The summed E-state index contributed by atoms with van der Waals surface area (Å²) in [5.74, 6) is -0.860. The molecule has 32 heavy (non-hydrogen) atoms. The molecule has 0 bridgehead atoms. The van der Waals surface area contributed by atoms with Gasteiger partial charge in [0.2, 0.25) is 11.8 Å². The van der Waals surface area contributed by atoms with Crippen molar-refractivity contribution < 1.29 is 13.2 Å². The molecule has 1 aromatic carbocycles. The number of fused-ring (bicyclic) bond motifs is 1. The Labute approximate surface area is 180 Å². The van der Waals surface area contributed by atoms with Crippen molar-refractivity contribution in [2.24, 2.45) is 0 Å². The molecule has 5 aromatic rings. The monoisotopic (exact) mass is 433 g/mol. The van der Waals surface area contributed by atoms with Gasteiger partial charge in [-0.3, -0.25) is 4.98 Å². The van der Waals surface area contributed by atoms with E-state index in [1.807, 2.05) is 26.0 Å². The lowest BCUT2D eigenvalue weighted by atomic mass is 10.0. The van der Waals surface area contributed by atoms with Gasteiger partial charge in [-0.15, -0.1) is 5.10 Å². The molecule has 0 saturated heterocycles. The van der Waals surface area contributed by atoms with E-state index in [9.17, 15) is 8.78 Å². The quantitative estimate of drug-likeness (QED) is 0.458. The first kappa shape index (κ1) is 19.7. The Kier molecular flexibility index (Phi) is 4.62. The standard InChI is InChI=1S/C22H17F2N7O/c1-11-8-13(9-12(2)27-11)18-19(21-26-6-7-32-21)29-22(25)31-20(18)28-17(30-31)10-14-15(23)4-3-5-16(14)24/h3-9H,10H2,1-2H3,(H2,25,29). The normalized spacial score (nSPS) is 11.4. The summed E-state index contributed by atoms with van der Waals surface area (Å²) in [5, 5.41) is 4.36. The van der Waals surface area contributed by atoms with Crippen molar-refractivity contribution in [3.63, 3.8) is 0 Å². The molecule has 0 unspecified atom stereocenters. The third kappa shape index (κ3) is 3.35. The van der Waals surface area contributed by atoms with Gasteiger partial charge in [0.05, 0.1) is 11.8 Å². The van der Waals surface area contributed by atoms with E-state index in [2.05, 4.69) is 25.0 Å². The summed E-state index contributed by atoms with van der Waals surface area (Å²) in [6.45, 7) is 3.75. The van der Waals surface area contributed by atoms with Gasteiger partial charge in [-0.05, 0) is 43.7 Å². The highest BCUT2D eigenvalue weighted by Gasteiger charge is 2.23. The summed E-state index contributed by atoms with van der Waals surface area (Å²) in [4.78, 5) is 17.6. The molecule has 0 atom stereocenters. The molecular formula is C22H17F2N7O. The lowest BCUT2D eigenvalue weighted by Crippen LogP contribution is -2.06. The number of benzene rings is 1. The summed E-state index contributed by atoms with van der Waals surface area (Å²) in [6.07, 6.45) is 2.78. The van der Waals surface area contributed by atoms with Gasteiger partial charge in [0.25, 0.3) is 0 Å². The SMILES string of the molecule is Cc1cc(-c2c(-c3ncco3)nc(N)n3nc(Cc4c(F)cccc4F)nc23)cc(C)n1. The number of rotatable bonds is 4. The number of nitrogens with two attached hydrogens (primary N) is 1. The fourth-order valence-corrected chi connectivity index (χ4v) is 3.67. The molecule has 10 heteroatoms. The zero-order valence-corrected chi connectivity index (χ0v) is 17.2. The Morgan fingerprint density at radius 3 is 2.41 bits per heavy atom. The molecule has 0 fully saturated rings. The number of pyridine rings is 1. The van der Waals surface area contributed by atoms with Crippen LogP contribution in [0.3, 0.4) is 0 Å². The largest absolute Gasteiger partial charge is 0.443 e. The highest BCUT2D eigenvalue weighted by Crippen LogP contribution is 2.34. The van der Waals surface area contributed by atoms with Gasteiger partial charge in [0.15, 0.2) is 11.5 Å². The van der Waals surface area contributed by atoms with Crippen LogP contribution in [-0.4, -0.2) is 29.5 Å². The summed E-state index contributed by atoms with van der Waals surface area (Å²) < 4.78 is 35.2. The minimum absolute atomic E-state index is 0.0344. The molecule has 0 saturated carbocycles. The highest BCUT2D eigenvalue weighted by atomic mass is 19.1. The predicted octanol–water partition coefficient (Wildman–Crippen LogP) is 3.91. The number of aromatic nitrogens is 6. The predicted molar refractivity (Wildman–Crippen MR) is 113 cm³/mol. The molecular weight excluding hydrogens is 416 g/mol. The van der Waals surface area contributed by atoms with Crippen molar-refractivity contribution in [3.8, 4) is 22.7 Å². The maximum Gasteiger partial charge on any atom is 0.245 e. The van der Waals surface area contributed by atoms with Crippen LogP contribution in [-0.2, 0) is 6.42 Å². The van der Waals surface area contributed by atoms with E-state index in [0.717, 1.165) is 17.0 Å².